The Kier molecular flexibility index (Phi) is 5.86. The highest BCUT2D eigenvalue weighted by Crippen LogP contribution is 2.30. The van der Waals surface area contributed by atoms with E-state index in [0.717, 1.165) is 35.3 Å². The van der Waals surface area contributed by atoms with Crippen molar-refractivity contribution in [3.05, 3.63) is 54.2 Å². The van der Waals surface area contributed by atoms with Crippen molar-refractivity contribution in [1.29, 1.82) is 0 Å². The minimum absolute atomic E-state index is 0.449. The van der Waals surface area contributed by atoms with Crippen LogP contribution in [0, 0.1) is 0 Å². The Morgan fingerprint density at radius 1 is 1.08 bits per heavy atom. The number of benzene rings is 1. The van der Waals surface area contributed by atoms with Crippen molar-refractivity contribution in [2.75, 3.05) is 6.61 Å². The molecule has 0 aliphatic heterocycles. The van der Waals surface area contributed by atoms with E-state index in [4.69, 9.17) is 16.3 Å². The molecular weight excluding hydrogens is 364 g/mol. The molecule has 0 saturated carbocycles. The molecule has 0 amide bonds. The monoisotopic (exact) mass is 386 g/mol. The molecule has 7 heteroatoms. The van der Waals surface area contributed by atoms with Gasteiger partial charge in [0.05, 0.1) is 23.4 Å². The molecule has 3 aromatic rings. The molecule has 0 fully saturated rings. The topological polar surface area (TPSA) is 52.8 Å². The molecule has 0 radical (unpaired) electrons. The maximum atomic E-state index is 6.02. The van der Waals surface area contributed by atoms with Crippen molar-refractivity contribution in [2.24, 2.45) is 0 Å². The first-order valence-corrected chi connectivity index (χ1v) is 12.7. The molecule has 0 bridgehead atoms. The molecular formula is C19H23ClN4OSi. The van der Waals surface area contributed by atoms with Crippen LogP contribution in [0.3, 0.4) is 0 Å². The van der Waals surface area contributed by atoms with Crippen LogP contribution in [0.1, 0.15) is 0 Å². The lowest BCUT2D eigenvalue weighted by atomic mass is 10.1. The molecule has 3 rings (SSSR count). The lowest BCUT2D eigenvalue weighted by molar-refractivity contribution is 0.0881. The first-order valence-electron chi connectivity index (χ1n) is 8.59. The largest absolute Gasteiger partial charge is 0.361 e. The van der Waals surface area contributed by atoms with Gasteiger partial charge in [-0.25, -0.2) is 15.0 Å². The van der Waals surface area contributed by atoms with Gasteiger partial charge in [-0.15, -0.1) is 0 Å². The number of rotatable bonds is 7. The Balaban J connectivity index is 1.89. The van der Waals surface area contributed by atoms with Gasteiger partial charge in [0, 0.05) is 31.5 Å². The Labute approximate surface area is 160 Å². The summed E-state index contributed by atoms with van der Waals surface area (Å²) in [7, 11) is -1.11. The van der Waals surface area contributed by atoms with Gasteiger partial charge in [0.1, 0.15) is 13.1 Å². The summed E-state index contributed by atoms with van der Waals surface area (Å²) in [5, 5.41) is 0.700. The summed E-state index contributed by atoms with van der Waals surface area (Å²) >= 11 is 6.02. The van der Waals surface area contributed by atoms with Crippen molar-refractivity contribution in [3.8, 4) is 22.6 Å². The molecule has 26 heavy (non-hydrogen) atoms. The third-order valence-electron chi connectivity index (χ3n) is 4.01. The fourth-order valence-electron chi connectivity index (χ4n) is 2.54. The van der Waals surface area contributed by atoms with Crippen LogP contribution >= 0.6 is 11.6 Å². The third kappa shape index (κ3) is 4.78. The van der Waals surface area contributed by atoms with Crippen LogP contribution in [0.15, 0.2) is 49.2 Å². The molecule has 0 aliphatic carbocycles. The second kappa shape index (κ2) is 8.12. The zero-order chi connectivity index (χ0) is 18.6. The van der Waals surface area contributed by atoms with E-state index < -0.39 is 8.07 Å². The number of ether oxygens (including phenoxy) is 1. The molecule has 136 valence electrons. The standard InChI is InChI=1S/C19H23ClN4OSi/c1-26(2,3)11-10-25-14-24-13-23-18(15-4-6-16(20)7-5-15)19(24)17-8-9-21-12-22-17/h4-9,12-13H,10-11,14H2,1-3H3. The maximum absolute atomic E-state index is 6.02. The molecule has 0 atom stereocenters. The van der Waals surface area contributed by atoms with Gasteiger partial charge in [-0.3, -0.25) is 0 Å². The van der Waals surface area contributed by atoms with E-state index in [1.54, 1.807) is 18.9 Å². The van der Waals surface area contributed by atoms with Crippen molar-refractivity contribution < 1.29 is 4.74 Å². The quantitative estimate of drug-likeness (QED) is 0.424. The van der Waals surface area contributed by atoms with E-state index in [9.17, 15) is 0 Å². The third-order valence-corrected chi connectivity index (χ3v) is 5.96. The average molecular weight is 387 g/mol. The molecule has 5 nitrogen and oxygen atoms in total. The smallest absolute Gasteiger partial charge is 0.124 e. The summed E-state index contributed by atoms with van der Waals surface area (Å²) in [6, 6.07) is 10.7. The van der Waals surface area contributed by atoms with Crippen molar-refractivity contribution in [3.63, 3.8) is 0 Å². The van der Waals surface area contributed by atoms with E-state index in [1.807, 2.05) is 34.9 Å². The summed E-state index contributed by atoms with van der Waals surface area (Å²) in [5.41, 5.74) is 3.58. The normalized spacial score (nSPS) is 11.7. The first kappa shape index (κ1) is 18.8. The molecule has 0 N–H and O–H groups in total. The van der Waals surface area contributed by atoms with E-state index in [1.165, 1.54) is 0 Å². The number of hydrogen-bond acceptors (Lipinski definition) is 4. The first-order chi connectivity index (χ1) is 12.4. The Morgan fingerprint density at radius 2 is 1.85 bits per heavy atom. The molecule has 2 heterocycles. The van der Waals surface area contributed by atoms with E-state index in [0.29, 0.717) is 11.8 Å². The number of nitrogens with zero attached hydrogens (tertiary/aromatic N) is 4. The van der Waals surface area contributed by atoms with Gasteiger partial charge in [-0.1, -0.05) is 43.4 Å². The van der Waals surface area contributed by atoms with Gasteiger partial charge in [-0.2, -0.15) is 0 Å². The summed E-state index contributed by atoms with van der Waals surface area (Å²) < 4.78 is 7.92. The van der Waals surface area contributed by atoms with Crippen molar-refractivity contribution in [2.45, 2.75) is 32.4 Å². The van der Waals surface area contributed by atoms with Crippen LogP contribution in [-0.4, -0.2) is 34.2 Å². The van der Waals surface area contributed by atoms with Crippen LogP contribution < -0.4 is 0 Å². The zero-order valence-corrected chi connectivity index (χ0v) is 17.1. The average Bonchev–Trinajstić information content (AvgIpc) is 3.03. The van der Waals surface area contributed by atoms with E-state index >= 15 is 0 Å². The van der Waals surface area contributed by atoms with Crippen molar-refractivity contribution in [1.82, 2.24) is 19.5 Å². The van der Waals surface area contributed by atoms with E-state index in [2.05, 4.69) is 34.6 Å². The molecule has 0 saturated heterocycles. The van der Waals surface area contributed by atoms with Crippen LogP contribution in [0.25, 0.3) is 22.6 Å². The number of halogens is 1. The summed E-state index contributed by atoms with van der Waals surface area (Å²) in [5.74, 6) is 0. The highest BCUT2D eigenvalue weighted by atomic mass is 35.5. The molecule has 1 aromatic carbocycles. The van der Waals surface area contributed by atoms with Crippen LogP contribution in [-0.2, 0) is 11.5 Å². The van der Waals surface area contributed by atoms with Gasteiger partial charge < -0.3 is 9.30 Å². The summed E-state index contributed by atoms with van der Waals surface area (Å²) in [6.45, 7) is 8.24. The fraction of sp³-hybridized carbons (Fsp3) is 0.316. The van der Waals surface area contributed by atoms with Gasteiger partial charge >= 0.3 is 0 Å². The van der Waals surface area contributed by atoms with Crippen molar-refractivity contribution >= 4 is 19.7 Å². The van der Waals surface area contributed by atoms with Crippen LogP contribution in [0.5, 0.6) is 0 Å². The number of aromatic nitrogens is 4. The SMILES string of the molecule is C[Si](C)(C)CCOCn1cnc(-c2ccc(Cl)cc2)c1-c1ccncn1. The molecule has 0 unspecified atom stereocenters. The summed E-state index contributed by atoms with van der Waals surface area (Å²) in [6.07, 6.45) is 5.08. The van der Waals surface area contributed by atoms with Gasteiger partial charge in [0.2, 0.25) is 0 Å². The second-order valence-electron chi connectivity index (χ2n) is 7.36. The maximum Gasteiger partial charge on any atom is 0.124 e. The van der Waals surface area contributed by atoms with Crippen LogP contribution in [0.4, 0.5) is 0 Å². The van der Waals surface area contributed by atoms with Crippen LogP contribution in [0.2, 0.25) is 30.7 Å². The number of hydrogen-bond donors (Lipinski definition) is 0. The lowest BCUT2D eigenvalue weighted by Crippen LogP contribution is -2.22. The minimum atomic E-state index is -1.11. The fourth-order valence-corrected chi connectivity index (χ4v) is 3.42. The zero-order valence-electron chi connectivity index (χ0n) is 15.3. The molecule has 0 aliphatic rings. The predicted molar refractivity (Wildman–Crippen MR) is 108 cm³/mol. The lowest BCUT2D eigenvalue weighted by Gasteiger charge is -2.16. The van der Waals surface area contributed by atoms with Gasteiger partial charge in [0.25, 0.3) is 0 Å². The highest BCUT2D eigenvalue weighted by Gasteiger charge is 2.17. The molecule has 0 spiro atoms. The Bertz CT molecular complexity index is 844. The van der Waals surface area contributed by atoms with Gasteiger partial charge in [-0.05, 0) is 24.2 Å². The Hall–Kier alpha value is -2.02. The number of imidazole rings is 1. The van der Waals surface area contributed by atoms with E-state index in [-0.39, 0.29) is 0 Å². The Morgan fingerprint density at radius 3 is 2.50 bits per heavy atom. The summed E-state index contributed by atoms with van der Waals surface area (Å²) in [4.78, 5) is 13.0. The predicted octanol–water partition coefficient (Wildman–Crippen LogP) is 4.97. The highest BCUT2D eigenvalue weighted by molar-refractivity contribution is 6.76. The molecule has 2 aromatic heterocycles. The second-order valence-corrected chi connectivity index (χ2v) is 13.4. The van der Waals surface area contributed by atoms with Gasteiger partial charge in [0.15, 0.2) is 0 Å². The minimum Gasteiger partial charge on any atom is -0.361 e.